The van der Waals surface area contributed by atoms with Crippen molar-refractivity contribution in [2.45, 2.75) is 53.9 Å². The van der Waals surface area contributed by atoms with Crippen LogP contribution < -0.4 is 20.1 Å². The number of hydrogen-bond donors (Lipinski definition) is 3. The molecule has 2 rings (SSSR count). The van der Waals surface area contributed by atoms with E-state index in [-0.39, 0.29) is 22.8 Å². The number of nitrogens with one attached hydrogen (secondary N) is 3. The number of benzene rings is 2. The molecule has 0 saturated heterocycles. The summed E-state index contributed by atoms with van der Waals surface area (Å²) in [6.07, 6.45) is 1.05. The van der Waals surface area contributed by atoms with Crippen LogP contribution in [0.4, 0.5) is 17.1 Å². The van der Waals surface area contributed by atoms with Gasteiger partial charge in [-0.25, -0.2) is 8.42 Å². The molecular weight excluding hydrogens is 454 g/mol. The fourth-order valence-electron chi connectivity index (χ4n) is 3.05. The predicted molar refractivity (Wildman–Crippen MR) is 137 cm³/mol. The maximum Gasteiger partial charge on any atom is 0.255 e. The van der Waals surface area contributed by atoms with Crippen LogP contribution in [-0.4, -0.2) is 33.6 Å². The molecule has 0 saturated carbocycles. The van der Waals surface area contributed by atoms with Gasteiger partial charge in [0.05, 0.1) is 24.7 Å². The first-order chi connectivity index (χ1) is 15.4. The Balaban J connectivity index is 2.50. The Morgan fingerprint density at radius 2 is 1.47 bits per heavy atom. The number of hydrogen-bond acceptors (Lipinski definition) is 5. The third kappa shape index (κ3) is 6.96. The van der Waals surface area contributed by atoms with Gasteiger partial charge in [-0.2, -0.15) is 0 Å². The number of methoxy groups -OCH3 is 1. The van der Waals surface area contributed by atoms with Gasteiger partial charge in [-0.3, -0.25) is 14.3 Å². The Morgan fingerprint density at radius 1 is 0.882 bits per heavy atom. The highest BCUT2D eigenvalue weighted by molar-refractivity contribution is 7.92. The summed E-state index contributed by atoms with van der Waals surface area (Å²) >= 11 is 0. The third-order valence-electron chi connectivity index (χ3n) is 5.13. The van der Waals surface area contributed by atoms with Crippen LogP contribution >= 0.6 is 0 Å². The van der Waals surface area contributed by atoms with Crippen LogP contribution in [0.1, 0.15) is 63.0 Å². The van der Waals surface area contributed by atoms with Gasteiger partial charge in [-0.05, 0) is 47.7 Å². The molecule has 8 nitrogen and oxygen atoms in total. The molecule has 3 N–H and O–H groups in total. The third-order valence-corrected chi connectivity index (χ3v) is 5.72. The number of amides is 2. The Bertz CT molecular complexity index is 1210. The van der Waals surface area contributed by atoms with E-state index in [0.29, 0.717) is 16.9 Å². The number of rotatable bonds is 6. The minimum atomic E-state index is -3.59. The lowest BCUT2D eigenvalue weighted by Crippen LogP contribution is -2.28. The normalized spacial score (nSPS) is 12.1. The molecule has 2 amide bonds. The summed E-state index contributed by atoms with van der Waals surface area (Å²) in [6.45, 7) is 13.2. The second kappa shape index (κ2) is 9.66. The zero-order chi connectivity index (χ0) is 26.1. The summed E-state index contributed by atoms with van der Waals surface area (Å²) in [6, 6.07) is 8.49. The molecular formula is C25H35N3O5S. The average Bonchev–Trinajstić information content (AvgIpc) is 2.66. The maximum absolute atomic E-state index is 13.2. The summed E-state index contributed by atoms with van der Waals surface area (Å²) in [5.41, 5.74) is 2.14. The molecule has 34 heavy (non-hydrogen) atoms. The highest BCUT2D eigenvalue weighted by Gasteiger charge is 2.24. The molecule has 0 spiro atoms. The van der Waals surface area contributed by atoms with Crippen molar-refractivity contribution in [2.75, 3.05) is 28.7 Å². The summed E-state index contributed by atoms with van der Waals surface area (Å²) in [5.74, 6) is -0.398. The monoisotopic (exact) mass is 489 g/mol. The van der Waals surface area contributed by atoms with E-state index in [9.17, 15) is 18.0 Å². The summed E-state index contributed by atoms with van der Waals surface area (Å²) < 4.78 is 31.8. The second-order valence-electron chi connectivity index (χ2n) is 10.4. The van der Waals surface area contributed by atoms with Gasteiger partial charge < -0.3 is 15.4 Å². The minimum absolute atomic E-state index is 0.163. The van der Waals surface area contributed by atoms with Crippen molar-refractivity contribution in [2.24, 2.45) is 5.41 Å². The van der Waals surface area contributed by atoms with Gasteiger partial charge in [-0.15, -0.1) is 0 Å². The smallest absolute Gasteiger partial charge is 0.255 e. The number of ether oxygens (including phenoxy) is 1. The van der Waals surface area contributed by atoms with Gasteiger partial charge in [0.15, 0.2) is 5.75 Å². The van der Waals surface area contributed by atoms with E-state index >= 15 is 0 Å². The Morgan fingerprint density at radius 3 is 1.97 bits per heavy atom. The van der Waals surface area contributed by atoms with E-state index in [0.717, 1.165) is 17.4 Å². The van der Waals surface area contributed by atoms with Crippen LogP contribution in [0, 0.1) is 12.3 Å². The molecule has 0 heterocycles. The van der Waals surface area contributed by atoms with Crippen molar-refractivity contribution in [3.63, 3.8) is 0 Å². The first-order valence-corrected chi connectivity index (χ1v) is 12.8. The van der Waals surface area contributed by atoms with E-state index in [2.05, 4.69) is 15.4 Å². The standard InChI is InChI=1S/C25H35N3O5S/c1-15-10-11-16(12-18(15)27-23(30)25(5,6)7)22(29)26-19-13-17(24(2,3)4)14-20(21(19)33-8)28-34(9,31)32/h10-14,28H,1-9H3,(H,26,29)(H,27,30). The van der Waals surface area contributed by atoms with Crippen molar-refractivity contribution in [1.29, 1.82) is 0 Å². The van der Waals surface area contributed by atoms with E-state index < -0.39 is 21.3 Å². The second-order valence-corrected chi connectivity index (χ2v) is 12.2. The van der Waals surface area contributed by atoms with Gasteiger partial charge in [0, 0.05) is 16.7 Å². The Hall–Kier alpha value is -3.07. The minimum Gasteiger partial charge on any atom is -0.492 e. The van der Waals surface area contributed by atoms with Gasteiger partial charge >= 0.3 is 0 Å². The van der Waals surface area contributed by atoms with Gasteiger partial charge in [-0.1, -0.05) is 47.6 Å². The largest absolute Gasteiger partial charge is 0.492 e. The van der Waals surface area contributed by atoms with Gasteiger partial charge in [0.1, 0.15) is 0 Å². The molecule has 186 valence electrons. The lowest BCUT2D eigenvalue weighted by atomic mass is 9.86. The van der Waals surface area contributed by atoms with Gasteiger partial charge in [0.25, 0.3) is 5.91 Å². The quantitative estimate of drug-likeness (QED) is 0.534. The van der Waals surface area contributed by atoms with Gasteiger partial charge in [0.2, 0.25) is 15.9 Å². The molecule has 2 aromatic rings. The molecule has 0 fully saturated rings. The molecule has 0 bridgehead atoms. The molecule has 0 aliphatic carbocycles. The van der Waals surface area contributed by atoms with Crippen molar-refractivity contribution in [1.82, 2.24) is 0 Å². The van der Waals surface area contributed by atoms with Crippen molar-refractivity contribution in [3.05, 3.63) is 47.0 Å². The zero-order valence-electron chi connectivity index (χ0n) is 21.3. The van der Waals surface area contributed by atoms with E-state index in [1.807, 2.05) is 48.5 Å². The number of anilines is 3. The molecule has 0 radical (unpaired) electrons. The SMILES string of the molecule is COc1c(NC(=O)c2ccc(C)c(NC(=O)C(C)(C)C)c2)cc(C(C)(C)C)cc1NS(C)(=O)=O. The molecule has 0 atom stereocenters. The fourth-order valence-corrected chi connectivity index (χ4v) is 3.60. The molecule has 0 aliphatic rings. The number of carbonyl (C=O) groups is 2. The fraction of sp³-hybridized carbons (Fsp3) is 0.440. The van der Waals surface area contributed by atoms with Crippen LogP contribution in [0.15, 0.2) is 30.3 Å². The summed E-state index contributed by atoms with van der Waals surface area (Å²) in [7, 11) is -2.18. The van der Waals surface area contributed by atoms with Crippen molar-refractivity contribution >= 4 is 38.9 Å². The highest BCUT2D eigenvalue weighted by Crippen LogP contribution is 2.39. The van der Waals surface area contributed by atoms with Crippen LogP contribution in [-0.2, 0) is 20.2 Å². The maximum atomic E-state index is 13.2. The lowest BCUT2D eigenvalue weighted by molar-refractivity contribution is -0.123. The van der Waals surface area contributed by atoms with Crippen LogP contribution in [0.3, 0.4) is 0 Å². The van der Waals surface area contributed by atoms with Crippen LogP contribution in [0.5, 0.6) is 5.75 Å². The topological polar surface area (TPSA) is 114 Å². The average molecular weight is 490 g/mol. The zero-order valence-corrected chi connectivity index (χ0v) is 22.2. The van der Waals surface area contributed by atoms with Crippen molar-refractivity contribution in [3.8, 4) is 5.75 Å². The van der Waals surface area contributed by atoms with E-state index in [4.69, 9.17) is 4.74 Å². The molecule has 0 unspecified atom stereocenters. The summed E-state index contributed by atoms with van der Waals surface area (Å²) in [4.78, 5) is 25.6. The van der Waals surface area contributed by atoms with Crippen LogP contribution in [0.2, 0.25) is 0 Å². The number of aryl methyl sites for hydroxylation is 1. The lowest BCUT2D eigenvalue weighted by Gasteiger charge is -2.24. The van der Waals surface area contributed by atoms with Crippen LogP contribution in [0.25, 0.3) is 0 Å². The molecule has 9 heteroatoms. The number of carbonyl (C=O) groups excluding carboxylic acids is 2. The van der Waals surface area contributed by atoms with E-state index in [1.165, 1.54) is 7.11 Å². The van der Waals surface area contributed by atoms with Crippen molar-refractivity contribution < 1.29 is 22.7 Å². The first kappa shape index (κ1) is 27.2. The predicted octanol–water partition coefficient (Wildman–Crippen LogP) is 4.91. The summed E-state index contributed by atoms with van der Waals surface area (Å²) in [5, 5.41) is 5.71. The molecule has 0 aliphatic heterocycles. The Labute approximate surface area is 202 Å². The number of sulfonamides is 1. The molecule has 0 aromatic heterocycles. The first-order valence-electron chi connectivity index (χ1n) is 10.9. The van der Waals surface area contributed by atoms with E-state index in [1.54, 1.807) is 30.3 Å². The highest BCUT2D eigenvalue weighted by atomic mass is 32.2. The Kier molecular flexibility index (Phi) is 7.72. The molecule has 2 aromatic carbocycles.